The van der Waals surface area contributed by atoms with Crippen molar-refractivity contribution in [2.24, 2.45) is 12.0 Å². The summed E-state index contributed by atoms with van der Waals surface area (Å²) in [6.07, 6.45) is 1.49. The van der Waals surface area contributed by atoms with E-state index in [-0.39, 0.29) is 24.3 Å². The van der Waals surface area contributed by atoms with E-state index in [1.165, 1.54) is 18.5 Å². The van der Waals surface area contributed by atoms with E-state index in [9.17, 15) is 9.18 Å². The van der Waals surface area contributed by atoms with Crippen LogP contribution in [0.15, 0.2) is 47.7 Å². The third-order valence-electron chi connectivity index (χ3n) is 5.31. The van der Waals surface area contributed by atoms with Crippen LogP contribution >= 0.6 is 0 Å². The van der Waals surface area contributed by atoms with Crippen molar-refractivity contribution in [3.05, 3.63) is 71.1 Å². The van der Waals surface area contributed by atoms with Gasteiger partial charge < -0.3 is 11.1 Å². The van der Waals surface area contributed by atoms with E-state index >= 15 is 0 Å². The molecule has 2 aliphatic heterocycles. The van der Waals surface area contributed by atoms with Gasteiger partial charge in [-0.15, -0.1) is 0 Å². The summed E-state index contributed by atoms with van der Waals surface area (Å²) in [4.78, 5) is 21.4. The number of hydrogen-bond donors (Lipinski definition) is 2. The standard InChI is InChI=1S/C20H17FN6O/c1-27-20(24-9-25-27)17-18(10-2-4-12(22)5-3-10)26-14-7-11(21)6-13-15(28)8-23-19(17)16(13)14/h2-7,9,17-18,26H,8,22H2,1H3. The van der Waals surface area contributed by atoms with E-state index < -0.39 is 5.82 Å². The number of aryl methyl sites for hydroxylation is 1. The van der Waals surface area contributed by atoms with Gasteiger partial charge in [0, 0.05) is 29.5 Å². The summed E-state index contributed by atoms with van der Waals surface area (Å²) in [5, 5.41) is 7.61. The second kappa shape index (κ2) is 5.98. The molecule has 3 aromatic rings. The molecule has 3 N–H and O–H groups in total. The maximum Gasteiger partial charge on any atom is 0.185 e. The number of hydrogen-bond acceptors (Lipinski definition) is 6. The van der Waals surface area contributed by atoms with Crippen molar-refractivity contribution in [1.29, 1.82) is 0 Å². The number of aromatic nitrogens is 3. The van der Waals surface area contributed by atoms with Crippen molar-refractivity contribution < 1.29 is 9.18 Å². The van der Waals surface area contributed by atoms with Crippen LogP contribution in [0, 0.1) is 5.82 Å². The van der Waals surface area contributed by atoms with Gasteiger partial charge in [-0.2, -0.15) is 5.10 Å². The van der Waals surface area contributed by atoms with Gasteiger partial charge in [0.15, 0.2) is 5.78 Å². The van der Waals surface area contributed by atoms with Crippen LogP contribution in [0.25, 0.3) is 0 Å². The predicted molar refractivity (Wildman–Crippen MR) is 103 cm³/mol. The molecule has 2 atom stereocenters. The number of nitrogens with two attached hydrogens (primary N) is 1. The molecule has 2 aromatic carbocycles. The summed E-state index contributed by atoms with van der Waals surface area (Å²) in [7, 11) is 1.82. The van der Waals surface area contributed by atoms with Gasteiger partial charge in [0.05, 0.1) is 17.7 Å². The molecule has 0 fully saturated rings. The van der Waals surface area contributed by atoms with Gasteiger partial charge in [-0.05, 0) is 29.8 Å². The van der Waals surface area contributed by atoms with Crippen molar-refractivity contribution in [2.45, 2.75) is 12.0 Å². The van der Waals surface area contributed by atoms with Crippen LogP contribution in [0.3, 0.4) is 0 Å². The summed E-state index contributed by atoms with van der Waals surface area (Å²) >= 11 is 0. The number of carbonyl (C=O) groups is 1. The zero-order valence-electron chi connectivity index (χ0n) is 15.1. The minimum Gasteiger partial charge on any atom is -0.399 e. The number of nitrogens with one attached hydrogen (secondary N) is 1. The van der Waals surface area contributed by atoms with Gasteiger partial charge in [-0.25, -0.2) is 9.37 Å². The van der Waals surface area contributed by atoms with E-state index in [0.29, 0.717) is 28.3 Å². The van der Waals surface area contributed by atoms with Gasteiger partial charge in [0.1, 0.15) is 24.5 Å². The average molecular weight is 376 g/mol. The first-order valence-electron chi connectivity index (χ1n) is 8.90. The Kier molecular flexibility index (Phi) is 3.55. The summed E-state index contributed by atoms with van der Waals surface area (Å²) in [6, 6.07) is 9.93. The highest BCUT2D eigenvalue weighted by atomic mass is 19.1. The van der Waals surface area contributed by atoms with Crippen LogP contribution in [0.4, 0.5) is 15.8 Å². The predicted octanol–water partition coefficient (Wildman–Crippen LogP) is 2.47. The van der Waals surface area contributed by atoms with Gasteiger partial charge in [-0.1, -0.05) is 12.1 Å². The number of halogens is 1. The molecule has 0 amide bonds. The normalized spacial score (nSPS) is 20.4. The van der Waals surface area contributed by atoms with Crippen LogP contribution < -0.4 is 11.1 Å². The minimum absolute atomic E-state index is 0.00592. The monoisotopic (exact) mass is 376 g/mol. The van der Waals surface area contributed by atoms with Crippen LogP contribution in [0.5, 0.6) is 0 Å². The maximum atomic E-state index is 14.2. The molecule has 7 nitrogen and oxygen atoms in total. The Labute approximate surface area is 160 Å². The molecular formula is C20H17FN6O. The number of Topliss-reactive ketones (excluding diaryl/α,β-unsaturated/α-hetero) is 1. The SMILES string of the molecule is Cn1ncnc1C1C2=NCC(=O)c3cc(F)cc(c32)NC1c1ccc(N)cc1. The Morgan fingerprint density at radius 1 is 1.25 bits per heavy atom. The number of carbonyl (C=O) groups excluding carboxylic acids is 1. The maximum absolute atomic E-state index is 14.2. The zero-order valence-corrected chi connectivity index (χ0v) is 15.1. The Balaban J connectivity index is 1.76. The van der Waals surface area contributed by atoms with Crippen LogP contribution in [0.1, 0.15) is 39.3 Å². The van der Waals surface area contributed by atoms with Gasteiger partial charge >= 0.3 is 0 Å². The average Bonchev–Trinajstić information content (AvgIpc) is 3.10. The Morgan fingerprint density at radius 3 is 2.75 bits per heavy atom. The fraction of sp³-hybridized carbons (Fsp3) is 0.200. The molecule has 1 aromatic heterocycles. The molecule has 0 spiro atoms. The summed E-state index contributed by atoms with van der Waals surface area (Å²) in [5.74, 6) is -0.225. The van der Waals surface area contributed by atoms with Crippen molar-refractivity contribution in [2.75, 3.05) is 17.6 Å². The lowest BCUT2D eigenvalue weighted by molar-refractivity contribution is 0.0999. The number of anilines is 2. The van der Waals surface area contributed by atoms with Crippen molar-refractivity contribution in [3.63, 3.8) is 0 Å². The van der Waals surface area contributed by atoms with Crippen LogP contribution in [-0.2, 0) is 7.05 Å². The molecule has 0 saturated carbocycles. The number of ketones is 1. The number of benzene rings is 2. The molecule has 0 bridgehead atoms. The molecular weight excluding hydrogens is 359 g/mol. The quantitative estimate of drug-likeness (QED) is 0.670. The third kappa shape index (κ3) is 2.41. The first-order valence-corrected chi connectivity index (χ1v) is 8.90. The molecule has 28 heavy (non-hydrogen) atoms. The highest BCUT2D eigenvalue weighted by molar-refractivity contribution is 6.21. The van der Waals surface area contributed by atoms with Crippen LogP contribution in [0.2, 0.25) is 0 Å². The lowest BCUT2D eigenvalue weighted by atomic mass is 9.78. The molecule has 8 heteroatoms. The molecule has 5 rings (SSSR count). The molecule has 2 aliphatic rings. The highest BCUT2D eigenvalue weighted by Gasteiger charge is 2.41. The van der Waals surface area contributed by atoms with E-state index in [1.54, 1.807) is 4.68 Å². The van der Waals surface area contributed by atoms with E-state index in [2.05, 4.69) is 20.4 Å². The van der Waals surface area contributed by atoms with Crippen molar-refractivity contribution in [1.82, 2.24) is 14.8 Å². The molecule has 0 radical (unpaired) electrons. The summed E-state index contributed by atoms with van der Waals surface area (Å²) in [5.41, 5.74) is 9.75. The van der Waals surface area contributed by atoms with Gasteiger partial charge in [0.2, 0.25) is 0 Å². The Hall–Kier alpha value is -3.55. The molecule has 2 unspecified atom stereocenters. The topological polar surface area (TPSA) is 98.2 Å². The lowest BCUT2D eigenvalue weighted by Gasteiger charge is -2.37. The first-order chi connectivity index (χ1) is 13.5. The van der Waals surface area contributed by atoms with E-state index in [4.69, 9.17) is 5.73 Å². The van der Waals surface area contributed by atoms with Crippen LogP contribution in [-0.4, -0.2) is 32.8 Å². The zero-order chi connectivity index (χ0) is 19.4. The molecule has 140 valence electrons. The minimum atomic E-state index is -0.455. The first kappa shape index (κ1) is 16.6. The van der Waals surface area contributed by atoms with Crippen molar-refractivity contribution >= 4 is 22.9 Å². The Morgan fingerprint density at radius 2 is 2.04 bits per heavy atom. The number of aliphatic imine (C=N–C) groups is 1. The molecule has 3 heterocycles. The summed E-state index contributed by atoms with van der Waals surface area (Å²) in [6.45, 7) is -0.00592. The third-order valence-corrected chi connectivity index (χ3v) is 5.31. The fourth-order valence-electron chi connectivity index (χ4n) is 4.04. The number of nitrogen functional groups attached to an aromatic ring is 1. The number of nitrogens with zero attached hydrogens (tertiary/aromatic N) is 4. The highest BCUT2D eigenvalue weighted by Crippen LogP contribution is 2.44. The van der Waals surface area contributed by atoms with Gasteiger partial charge in [0.25, 0.3) is 0 Å². The second-order valence-electron chi connectivity index (χ2n) is 7.01. The lowest BCUT2D eigenvalue weighted by Crippen LogP contribution is -2.37. The second-order valence-corrected chi connectivity index (χ2v) is 7.01. The Bertz CT molecular complexity index is 1130. The summed E-state index contributed by atoms with van der Waals surface area (Å²) < 4.78 is 15.9. The molecule has 0 saturated heterocycles. The van der Waals surface area contributed by atoms with E-state index in [1.807, 2.05) is 31.3 Å². The van der Waals surface area contributed by atoms with Gasteiger partial charge in [-0.3, -0.25) is 14.5 Å². The molecule has 0 aliphatic carbocycles. The largest absolute Gasteiger partial charge is 0.399 e. The fourth-order valence-corrected chi connectivity index (χ4v) is 4.04. The smallest absolute Gasteiger partial charge is 0.185 e. The van der Waals surface area contributed by atoms with E-state index in [0.717, 1.165) is 11.3 Å². The van der Waals surface area contributed by atoms with Crippen molar-refractivity contribution in [3.8, 4) is 0 Å². The number of rotatable bonds is 2.